The van der Waals surface area contributed by atoms with Crippen molar-refractivity contribution in [3.63, 3.8) is 0 Å². The van der Waals surface area contributed by atoms with E-state index in [4.69, 9.17) is 5.26 Å². The number of carbonyl (C=O) groups is 1. The highest BCUT2D eigenvalue weighted by atomic mass is 32.2. The van der Waals surface area contributed by atoms with Crippen LogP contribution in [0.3, 0.4) is 0 Å². The Morgan fingerprint density at radius 1 is 1.56 bits per heavy atom. The van der Waals surface area contributed by atoms with Crippen LogP contribution in [0.2, 0.25) is 0 Å². The van der Waals surface area contributed by atoms with Crippen LogP contribution in [0.1, 0.15) is 12.8 Å². The molecule has 0 saturated carbocycles. The van der Waals surface area contributed by atoms with E-state index in [1.54, 1.807) is 0 Å². The standard InChI is InChI=1S/C8H15N3O4S/c1-11(7-4-8(12)15-2)16(13,14)10-6-3-5-9/h10H,3-4,6-7H2,1-2H3. The van der Waals surface area contributed by atoms with Crippen molar-refractivity contribution < 1.29 is 17.9 Å². The molecule has 0 bridgehead atoms. The first-order valence-electron chi connectivity index (χ1n) is 4.58. The fourth-order valence-electron chi connectivity index (χ4n) is 0.817. The van der Waals surface area contributed by atoms with E-state index in [9.17, 15) is 13.2 Å². The molecular weight excluding hydrogens is 234 g/mol. The first kappa shape index (κ1) is 14.8. The maximum atomic E-state index is 11.5. The Hall–Kier alpha value is -1.17. The van der Waals surface area contributed by atoms with Gasteiger partial charge in [-0.1, -0.05) is 0 Å². The average Bonchev–Trinajstić information content (AvgIpc) is 2.25. The summed E-state index contributed by atoms with van der Waals surface area (Å²) in [6.45, 7) is 0.0932. The molecule has 0 radical (unpaired) electrons. The first-order chi connectivity index (χ1) is 7.44. The summed E-state index contributed by atoms with van der Waals surface area (Å²) < 4.78 is 30.5. The van der Waals surface area contributed by atoms with Crippen LogP contribution < -0.4 is 4.72 Å². The molecule has 92 valence electrons. The van der Waals surface area contributed by atoms with Gasteiger partial charge in [-0.05, 0) is 0 Å². The zero-order valence-corrected chi connectivity index (χ0v) is 10.1. The molecule has 16 heavy (non-hydrogen) atoms. The number of rotatable bonds is 7. The summed E-state index contributed by atoms with van der Waals surface area (Å²) in [6, 6.07) is 1.82. The van der Waals surface area contributed by atoms with Crippen LogP contribution in [0.4, 0.5) is 0 Å². The Labute approximate surface area is 95.2 Å². The van der Waals surface area contributed by atoms with E-state index in [0.29, 0.717) is 0 Å². The number of hydrogen-bond acceptors (Lipinski definition) is 5. The van der Waals surface area contributed by atoms with Crippen LogP contribution in [0.5, 0.6) is 0 Å². The molecule has 0 rings (SSSR count). The maximum absolute atomic E-state index is 11.5. The lowest BCUT2D eigenvalue weighted by Crippen LogP contribution is -2.39. The van der Waals surface area contributed by atoms with Crippen molar-refractivity contribution >= 4 is 16.2 Å². The summed E-state index contributed by atoms with van der Waals surface area (Å²) in [5.74, 6) is -0.473. The minimum absolute atomic E-state index is 0.00778. The number of hydrogen-bond donors (Lipinski definition) is 1. The van der Waals surface area contributed by atoms with Gasteiger partial charge in [0.1, 0.15) is 0 Å². The average molecular weight is 249 g/mol. The zero-order chi connectivity index (χ0) is 12.6. The zero-order valence-electron chi connectivity index (χ0n) is 9.26. The van der Waals surface area contributed by atoms with E-state index in [1.165, 1.54) is 14.2 Å². The molecule has 0 aromatic rings. The molecule has 0 aliphatic heterocycles. The minimum atomic E-state index is -3.61. The van der Waals surface area contributed by atoms with E-state index in [1.807, 2.05) is 6.07 Å². The third kappa shape index (κ3) is 5.65. The number of nitriles is 1. The Morgan fingerprint density at radius 3 is 2.69 bits per heavy atom. The second-order valence-corrected chi connectivity index (χ2v) is 4.82. The van der Waals surface area contributed by atoms with Gasteiger partial charge in [-0.15, -0.1) is 0 Å². The van der Waals surface area contributed by atoms with Gasteiger partial charge in [-0.3, -0.25) is 4.79 Å². The number of esters is 1. The molecule has 0 unspecified atom stereocenters. The lowest BCUT2D eigenvalue weighted by molar-refractivity contribution is -0.140. The Kier molecular flexibility index (Phi) is 6.64. The van der Waals surface area contributed by atoms with Crippen molar-refractivity contribution in [1.82, 2.24) is 9.03 Å². The normalized spacial score (nSPS) is 11.1. The minimum Gasteiger partial charge on any atom is -0.469 e. The fraction of sp³-hybridized carbons (Fsp3) is 0.750. The number of nitrogens with one attached hydrogen (secondary N) is 1. The molecule has 0 saturated heterocycles. The van der Waals surface area contributed by atoms with Gasteiger partial charge in [-0.2, -0.15) is 18.0 Å². The van der Waals surface area contributed by atoms with Crippen LogP contribution >= 0.6 is 0 Å². The van der Waals surface area contributed by atoms with Crippen molar-refractivity contribution in [3.05, 3.63) is 0 Å². The summed E-state index contributed by atoms with van der Waals surface area (Å²) in [4.78, 5) is 10.8. The molecule has 0 fully saturated rings. The summed E-state index contributed by atoms with van der Waals surface area (Å²) >= 11 is 0. The molecule has 0 spiro atoms. The van der Waals surface area contributed by atoms with Crippen LogP contribution in [0, 0.1) is 11.3 Å². The summed E-state index contributed by atoms with van der Waals surface area (Å²) in [5.41, 5.74) is 0. The summed E-state index contributed by atoms with van der Waals surface area (Å²) in [7, 11) is -1.03. The van der Waals surface area contributed by atoms with Crippen LogP contribution in [-0.4, -0.2) is 45.9 Å². The Morgan fingerprint density at radius 2 is 2.19 bits per heavy atom. The first-order valence-corrected chi connectivity index (χ1v) is 6.02. The summed E-state index contributed by atoms with van der Waals surface area (Å²) in [6.07, 6.45) is 0.0935. The van der Waals surface area contributed by atoms with Gasteiger partial charge >= 0.3 is 5.97 Å². The van der Waals surface area contributed by atoms with Gasteiger partial charge < -0.3 is 4.74 Å². The second kappa shape index (κ2) is 7.16. The van der Waals surface area contributed by atoms with Gasteiger partial charge in [0.2, 0.25) is 0 Å². The van der Waals surface area contributed by atoms with Crippen LogP contribution in [0.25, 0.3) is 0 Å². The Bertz CT molecular complexity index is 360. The van der Waals surface area contributed by atoms with Crippen molar-refractivity contribution in [2.75, 3.05) is 27.2 Å². The van der Waals surface area contributed by atoms with Crippen molar-refractivity contribution in [1.29, 1.82) is 5.26 Å². The monoisotopic (exact) mass is 249 g/mol. The van der Waals surface area contributed by atoms with Gasteiger partial charge in [-0.25, -0.2) is 4.72 Å². The highest BCUT2D eigenvalue weighted by molar-refractivity contribution is 7.87. The predicted octanol–water partition coefficient (Wildman–Crippen LogP) is -0.771. The SMILES string of the molecule is COC(=O)CCN(C)S(=O)(=O)NCCC#N. The Balaban J connectivity index is 4.10. The molecule has 0 amide bonds. The van der Waals surface area contributed by atoms with Crippen LogP contribution in [0.15, 0.2) is 0 Å². The van der Waals surface area contributed by atoms with Gasteiger partial charge in [0.15, 0.2) is 0 Å². The molecule has 0 aromatic heterocycles. The maximum Gasteiger partial charge on any atom is 0.306 e. The van der Waals surface area contributed by atoms with E-state index in [0.717, 1.165) is 4.31 Å². The lowest BCUT2D eigenvalue weighted by atomic mass is 10.4. The molecule has 1 N–H and O–H groups in total. The van der Waals surface area contributed by atoms with E-state index in [-0.39, 0.29) is 25.9 Å². The highest BCUT2D eigenvalue weighted by Gasteiger charge is 2.17. The molecule has 0 aliphatic carbocycles. The molecule has 7 nitrogen and oxygen atoms in total. The topological polar surface area (TPSA) is 99.5 Å². The highest BCUT2D eigenvalue weighted by Crippen LogP contribution is 1.96. The molecule has 0 aliphatic rings. The van der Waals surface area contributed by atoms with E-state index >= 15 is 0 Å². The smallest absolute Gasteiger partial charge is 0.306 e. The van der Waals surface area contributed by atoms with Gasteiger partial charge in [0.25, 0.3) is 10.2 Å². The predicted molar refractivity (Wildman–Crippen MR) is 56.4 cm³/mol. The molecular formula is C8H15N3O4S. The lowest BCUT2D eigenvalue weighted by Gasteiger charge is -2.16. The summed E-state index contributed by atoms with van der Waals surface area (Å²) in [5, 5.41) is 8.25. The van der Waals surface area contributed by atoms with Crippen molar-refractivity contribution in [2.24, 2.45) is 0 Å². The number of ether oxygens (including phenoxy) is 1. The van der Waals surface area contributed by atoms with E-state index in [2.05, 4.69) is 9.46 Å². The van der Waals surface area contributed by atoms with Gasteiger partial charge in [0.05, 0.1) is 19.6 Å². The third-order valence-electron chi connectivity index (χ3n) is 1.79. The molecule has 0 heterocycles. The molecule has 0 aromatic carbocycles. The number of nitrogens with zero attached hydrogens (tertiary/aromatic N) is 2. The largest absolute Gasteiger partial charge is 0.469 e. The molecule has 0 atom stereocenters. The van der Waals surface area contributed by atoms with Crippen molar-refractivity contribution in [2.45, 2.75) is 12.8 Å². The fourth-order valence-corrected chi connectivity index (χ4v) is 1.73. The number of carbonyl (C=O) groups excluding carboxylic acids is 1. The van der Waals surface area contributed by atoms with Crippen LogP contribution in [-0.2, 0) is 19.7 Å². The molecule has 8 heteroatoms. The second-order valence-electron chi connectivity index (χ2n) is 2.96. The van der Waals surface area contributed by atoms with Crippen molar-refractivity contribution in [3.8, 4) is 6.07 Å². The van der Waals surface area contributed by atoms with Gasteiger partial charge in [0, 0.05) is 26.6 Å². The number of methoxy groups -OCH3 is 1. The van der Waals surface area contributed by atoms with E-state index < -0.39 is 16.2 Å². The third-order valence-corrected chi connectivity index (χ3v) is 3.36. The quantitative estimate of drug-likeness (QED) is 0.471.